The van der Waals surface area contributed by atoms with Gasteiger partial charge in [0.05, 0.1) is 0 Å². The van der Waals surface area contributed by atoms with Crippen molar-refractivity contribution in [3.8, 4) is 11.5 Å². The van der Waals surface area contributed by atoms with Crippen molar-refractivity contribution in [3.63, 3.8) is 0 Å². The first kappa shape index (κ1) is 6.98. The summed E-state index contributed by atoms with van der Waals surface area (Å²) in [6.07, 6.45) is 0. The Bertz CT molecular complexity index is 381. The molecule has 0 spiro atoms. The van der Waals surface area contributed by atoms with Crippen molar-refractivity contribution in [2.75, 3.05) is 0 Å². The van der Waals surface area contributed by atoms with Crippen LogP contribution in [0.4, 0.5) is 0 Å². The van der Waals surface area contributed by atoms with E-state index in [0.29, 0.717) is 10.8 Å². The van der Waals surface area contributed by atoms with Gasteiger partial charge in [-0.3, -0.25) is 0 Å². The van der Waals surface area contributed by atoms with Crippen LogP contribution in [0.1, 0.15) is 0 Å². The molecule has 0 fully saturated rings. The van der Waals surface area contributed by atoms with E-state index >= 15 is 0 Å². The topological polar surface area (TPSA) is 40.5 Å². The van der Waals surface area contributed by atoms with Crippen molar-refractivity contribution in [3.05, 3.63) is 36.4 Å². The molecule has 0 saturated heterocycles. The van der Waals surface area contributed by atoms with Crippen molar-refractivity contribution in [1.29, 1.82) is 0 Å². The number of rotatable bonds is 0. The molecule has 0 unspecified atom stereocenters. The number of hydrogen-bond acceptors (Lipinski definition) is 2. The molecule has 2 aromatic rings. The molecule has 2 aromatic carbocycles. The number of benzene rings is 2. The Morgan fingerprint density at radius 1 is 1.00 bits per heavy atom. The van der Waals surface area contributed by atoms with Crippen LogP contribution >= 0.6 is 0 Å². The van der Waals surface area contributed by atoms with Crippen molar-refractivity contribution < 1.29 is 10.2 Å². The number of fused-ring (bicyclic) bond motifs is 1. The second kappa shape index (κ2) is 2.41. The molecule has 0 heterocycles. The standard InChI is InChI=1S/C10H7O2/c11-9-5-6-10(12)8-4-2-1-3-7(8)9/h1-5,11-12H. The van der Waals surface area contributed by atoms with Gasteiger partial charge < -0.3 is 10.2 Å². The molecule has 2 N–H and O–H groups in total. The maximum atomic E-state index is 9.35. The minimum Gasteiger partial charge on any atom is -0.507 e. The molecule has 59 valence electrons. The van der Waals surface area contributed by atoms with Crippen molar-refractivity contribution in [2.24, 2.45) is 0 Å². The van der Waals surface area contributed by atoms with Crippen LogP contribution < -0.4 is 0 Å². The average molecular weight is 159 g/mol. The Morgan fingerprint density at radius 3 is 2.33 bits per heavy atom. The lowest BCUT2D eigenvalue weighted by Gasteiger charge is -2.01. The molecule has 0 aromatic heterocycles. The fourth-order valence-corrected chi connectivity index (χ4v) is 1.21. The molecular formula is C10H7O2. The Kier molecular flexibility index (Phi) is 1.40. The zero-order chi connectivity index (χ0) is 8.55. The summed E-state index contributed by atoms with van der Waals surface area (Å²) < 4.78 is 0. The van der Waals surface area contributed by atoms with E-state index in [-0.39, 0.29) is 11.5 Å². The molecule has 1 radical (unpaired) electrons. The molecule has 0 atom stereocenters. The van der Waals surface area contributed by atoms with E-state index in [1.165, 1.54) is 6.07 Å². The van der Waals surface area contributed by atoms with Crippen LogP contribution in [0, 0.1) is 6.07 Å². The van der Waals surface area contributed by atoms with Gasteiger partial charge >= 0.3 is 0 Å². The van der Waals surface area contributed by atoms with Gasteiger partial charge in [0.15, 0.2) is 0 Å². The Labute approximate surface area is 69.7 Å². The highest BCUT2D eigenvalue weighted by Crippen LogP contribution is 2.30. The summed E-state index contributed by atoms with van der Waals surface area (Å²) in [4.78, 5) is 0. The number of aromatic hydroxyl groups is 2. The maximum absolute atomic E-state index is 9.35. The van der Waals surface area contributed by atoms with Gasteiger partial charge in [-0.25, -0.2) is 0 Å². The van der Waals surface area contributed by atoms with Crippen molar-refractivity contribution >= 4 is 10.8 Å². The van der Waals surface area contributed by atoms with E-state index in [9.17, 15) is 10.2 Å². The smallest absolute Gasteiger partial charge is 0.131 e. The summed E-state index contributed by atoms with van der Waals surface area (Å²) in [5.74, 6) is 0.215. The molecule has 0 amide bonds. The van der Waals surface area contributed by atoms with Gasteiger partial charge in [-0.2, -0.15) is 0 Å². The highest BCUT2D eigenvalue weighted by atomic mass is 16.3. The Hall–Kier alpha value is -1.70. The molecule has 0 saturated carbocycles. The normalized spacial score (nSPS) is 10.3. The largest absolute Gasteiger partial charge is 0.507 e. The SMILES string of the molecule is Oc1[c]cc(O)c2ccccc12. The van der Waals surface area contributed by atoms with Crippen LogP contribution in [-0.4, -0.2) is 10.2 Å². The quantitative estimate of drug-likeness (QED) is 0.577. The second-order valence-corrected chi connectivity index (χ2v) is 2.57. The number of phenols is 2. The van der Waals surface area contributed by atoms with E-state index in [1.807, 2.05) is 6.07 Å². The van der Waals surface area contributed by atoms with E-state index in [2.05, 4.69) is 6.07 Å². The van der Waals surface area contributed by atoms with Crippen LogP contribution in [0.3, 0.4) is 0 Å². The third-order valence-corrected chi connectivity index (χ3v) is 1.80. The van der Waals surface area contributed by atoms with Gasteiger partial charge in [0.25, 0.3) is 0 Å². The minimum absolute atomic E-state index is 0.0726. The summed E-state index contributed by atoms with van der Waals surface area (Å²) in [7, 11) is 0. The average Bonchev–Trinajstić information content (AvgIpc) is 2.12. The van der Waals surface area contributed by atoms with Crippen LogP contribution in [0.15, 0.2) is 30.3 Å². The molecule has 0 aliphatic rings. The van der Waals surface area contributed by atoms with Gasteiger partial charge in [-0.1, -0.05) is 24.3 Å². The lowest BCUT2D eigenvalue weighted by atomic mass is 10.1. The van der Waals surface area contributed by atoms with E-state index in [0.717, 1.165) is 0 Å². The molecule has 0 aliphatic carbocycles. The van der Waals surface area contributed by atoms with E-state index in [1.54, 1.807) is 18.2 Å². The van der Waals surface area contributed by atoms with Crippen LogP contribution in [-0.2, 0) is 0 Å². The van der Waals surface area contributed by atoms with E-state index < -0.39 is 0 Å². The van der Waals surface area contributed by atoms with Crippen molar-refractivity contribution in [2.45, 2.75) is 0 Å². The van der Waals surface area contributed by atoms with Gasteiger partial charge in [-0.05, 0) is 6.07 Å². The van der Waals surface area contributed by atoms with Gasteiger partial charge in [0.1, 0.15) is 11.5 Å². The van der Waals surface area contributed by atoms with Gasteiger partial charge in [0, 0.05) is 16.8 Å². The van der Waals surface area contributed by atoms with Gasteiger partial charge in [-0.15, -0.1) is 0 Å². The molecular weight excluding hydrogens is 152 g/mol. The van der Waals surface area contributed by atoms with Crippen LogP contribution in [0.5, 0.6) is 11.5 Å². The zero-order valence-corrected chi connectivity index (χ0v) is 6.28. The third kappa shape index (κ3) is 0.889. The summed E-state index contributed by atoms with van der Waals surface area (Å²) >= 11 is 0. The second-order valence-electron chi connectivity index (χ2n) is 2.57. The maximum Gasteiger partial charge on any atom is 0.131 e. The van der Waals surface area contributed by atoms with E-state index in [4.69, 9.17) is 0 Å². The fourth-order valence-electron chi connectivity index (χ4n) is 1.21. The lowest BCUT2D eigenvalue weighted by molar-refractivity contribution is 0.468. The fraction of sp³-hybridized carbons (Fsp3) is 0. The first-order valence-electron chi connectivity index (χ1n) is 3.60. The zero-order valence-electron chi connectivity index (χ0n) is 6.28. The van der Waals surface area contributed by atoms with Gasteiger partial charge in [0.2, 0.25) is 0 Å². The Balaban J connectivity index is 2.95. The summed E-state index contributed by atoms with van der Waals surface area (Å²) in [6, 6.07) is 11.0. The predicted molar refractivity (Wildman–Crippen MR) is 46.1 cm³/mol. The molecule has 2 heteroatoms. The first-order valence-corrected chi connectivity index (χ1v) is 3.60. The molecule has 0 bridgehead atoms. The number of hydrogen-bond donors (Lipinski definition) is 2. The minimum atomic E-state index is 0.0726. The van der Waals surface area contributed by atoms with Crippen LogP contribution in [0.25, 0.3) is 10.8 Å². The highest BCUT2D eigenvalue weighted by molar-refractivity contribution is 5.92. The molecule has 12 heavy (non-hydrogen) atoms. The highest BCUT2D eigenvalue weighted by Gasteiger charge is 2.01. The first-order chi connectivity index (χ1) is 5.79. The van der Waals surface area contributed by atoms with Crippen LogP contribution in [0.2, 0.25) is 0 Å². The monoisotopic (exact) mass is 159 g/mol. The third-order valence-electron chi connectivity index (χ3n) is 1.80. The molecule has 2 rings (SSSR count). The molecule has 2 nitrogen and oxygen atoms in total. The summed E-state index contributed by atoms with van der Waals surface area (Å²) in [5.41, 5.74) is 0. The lowest BCUT2D eigenvalue weighted by Crippen LogP contribution is -1.74. The predicted octanol–water partition coefficient (Wildman–Crippen LogP) is 2.05. The number of phenolic OH excluding ortho intramolecular Hbond substituents is 2. The summed E-state index contributed by atoms with van der Waals surface area (Å²) in [6.45, 7) is 0. The Morgan fingerprint density at radius 2 is 1.67 bits per heavy atom. The van der Waals surface area contributed by atoms with Crippen molar-refractivity contribution in [1.82, 2.24) is 0 Å². The molecule has 0 aliphatic heterocycles. The summed E-state index contributed by atoms with van der Waals surface area (Å²) in [5, 5.41) is 20.0.